The Morgan fingerprint density at radius 3 is 2.81 bits per heavy atom. The predicted molar refractivity (Wildman–Crippen MR) is 63.3 cm³/mol. The minimum Gasteiger partial charge on any atom is -0.479 e. The molecule has 0 fully saturated rings. The van der Waals surface area contributed by atoms with Crippen molar-refractivity contribution in [1.29, 1.82) is 0 Å². The van der Waals surface area contributed by atoms with Gasteiger partial charge in [0.2, 0.25) is 0 Å². The molecule has 2 rings (SSSR count). The summed E-state index contributed by atoms with van der Waals surface area (Å²) in [4.78, 5) is 0. The SMILES string of the molecule is C.NCOc1cccc2c1B(O)OC2CN. The highest BCUT2D eigenvalue weighted by Crippen LogP contribution is 2.26. The van der Waals surface area contributed by atoms with E-state index in [1.165, 1.54) is 0 Å². The molecule has 0 aliphatic carbocycles. The van der Waals surface area contributed by atoms with E-state index in [1.807, 2.05) is 12.1 Å². The van der Waals surface area contributed by atoms with E-state index in [0.717, 1.165) is 5.56 Å². The van der Waals surface area contributed by atoms with Crippen molar-refractivity contribution in [2.75, 3.05) is 13.3 Å². The highest BCUT2D eigenvalue weighted by atomic mass is 16.5. The van der Waals surface area contributed by atoms with Gasteiger partial charge in [0.25, 0.3) is 0 Å². The van der Waals surface area contributed by atoms with Crippen molar-refractivity contribution in [1.82, 2.24) is 0 Å². The third-order valence-electron chi connectivity index (χ3n) is 2.44. The van der Waals surface area contributed by atoms with E-state index < -0.39 is 7.12 Å². The summed E-state index contributed by atoms with van der Waals surface area (Å²) >= 11 is 0. The Hall–Kier alpha value is -1.08. The van der Waals surface area contributed by atoms with Gasteiger partial charge >= 0.3 is 7.12 Å². The Balaban J connectivity index is 0.00000128. The van der Waals surface area contributed by atoms with Crippen molar-refractivity contribution in [2.24, 2.45) is 11.5 Å². The lowest BCUT2D eigenvalue weighted by molar-refractivity contribution is 0.198. The van der Waals surface area contributed by atoms with Crippen LogP contribution < -0.4 is 21.7 Å². The zero-order valence-electron chi connectivity index (χ0n) is 8.22. The number of benzene rings is 1. The molecule has 1 aromatic rings. The Kier molecular flexibility index (Phi) is 4.31. The first-order valence-corrected chi connectivity index (χ1v) is 4.77. The maximum atomic E-state index is 9.69. The van der Waals surface area contributed by atoms with E-state index in [0.29, 0.717) is 17.8 Å². The molecule has 0 spiro atoms. The molecule has 1 aliphatic rings. The molecule has 1 aromatic carbocycles. The predicted octanol–water partition coefficient (Wildman–Crippen LogP) is -0.665. The fourth-order valence-corrected chi connectivity index (χ4v) is 1.80. The third kappa shape index (κ3) is 2.05. The number of fused-ring (bicyclic) bond motifs is 1. The molecule has 88 valence electrons. The summed E-state index contributed by atoms with van der Waals surface area (Å²) in [6, 6.07) is 5.44. The molecule has 0 aromatic heterocycles. The first-order valence-electron chi connectivity index (χ1n) is 4.77. The molecule has 5 nitrogen and oxygen atoms in total. The highest BCUT2D eigenvalue weighted by molar-refractivity contribution is 6.62. The smallest absolute Gasteiger partial charge is 0.479 e. The summed E-state index contributed by atoms with van der Waals surface area (Å²) in [5.74, 6) is 0.554. The van der Waals surface area contributed by atoms with Gasteiger partial charge in [0, 0.05) is 12.0 Å². The second kappa shape index (κ2) is 5.31. The van der Waals surface area contributed by atoms with E-state index in [-0.39, 0.29) is 20.3 Å². The van der Waals surface area contributed by atoms with Crippen molar-refractivity contribution in [3.63, 3.8) is 0 Å². The van der Waals surface area contributed by atoms with Crippen LogP contribution in [0.3, 0.4) is 0 Å². The van der Waals surface area contributed by atoms with Gasteiger partial charge in [-0.2, -0.15) is 0 Å². The van der Waals surface area contributed by atoms with Crippen molar-refractivity contribution in [3.05, 3.63) is 23.8 Å². The van der Waals surface area contributed by atoms with E-state index in [9.17, 15) is 5.02 Å². The van der Waals surface area contributed by atoms with Crippen LogP contribution in [0.1, 0.15) is 19.1 Å². The number of hydrogen-bond acceptors (Lipinski definition) is 5. The fourth-order valence-electron chi connectivity index (χ4n) is 1.80. The van der Waals surface area contributed by atoms with Crippen LogP contribution in [0.2, 0.25) is 0 Å². The summed E-state index contributed by atoms with van der Waals surface area (Å²) in [6.07, 6.45) is -0.267. The fraction of sp³-hybridized carbons (Fsp3) is 0.400. The molecule has 6 heteroatoms. The topological polar surface area (TPSA) is 90.7 Å². The van der Waals surface area contributed by atoms with Gasteiger partial charge in [0.15, 0.2) is 0 Å². The van der Waals surface area contributed by atoms with Crippen molar-refractivity contribution in [2.45, 2.75) is 13.5 Å². The minimum absolute atomic E-state index is 0. The molecule has 1 heterocycles. The first kappa shape index (κ1) is 13.0. The molecule has 0 radical (unpaired) electrons. The van der Waals surface area contributed by atoms with Gasteiger partial charge in [-0.3, -0.25) is 5.73 Å². The molecule has 0 saturated heterocycles. The molecule has 1 unspecified atom stereocenters. The maximum absolute atomic E-state index is 9.69. The van der Waals surface area contributed by atoms with Crippen LogP contribution in [0, 0.1) is 0 Å². The van der Waals surface area contributed by atoms with E-state index in [2.05, 4.69) is 0 Å². The standard InChI is InChI=1S/C9H13BN2O3.CH4/c11-4-8-6-2-1-3-7(14-5-12)9(6)10(13)15-8;/h1-3,8,13H,4-5,11-12H2;1H4. The van der Waals surface area contributed by atoms with E-state index >= 15 is 0 Å². The summed E-state index contributed by atoms with van der Waals surface area (Å²) < 4.78 is 10.5. The van der Waals surface area contributed by atoms with Crippen LogP contribution in [0.15, 0.2) is 18.2 Å². The highest BCUT2D eigenvalue weighted by Gasteiger charge is 2.36. The van der Waals surface area contributed by atoms with Gasteiger partial charge in [0.1, 0.15) is 12.5 Å². The van der Waals surface area contributed by atoms with Gasteiger partial charge < -0.3 is 20.1 Å². The van der Waals surface area contributed by atoms with Gasteiger partial charge in [-0.15, -0.1) is 0 Å². The van der Waals surface area contributed by atoms with Gasteiger partial charge in [0.05, 0.1) is 6.10 Å². The molecule has 0 saturated carbocycles. The lowest BCUT2D eigenvalue weighted by Gasteiger charge is -2.09. The Morgan fingerprint density at radius 2 is 2.19 bits per heavy atom. The molecule has 5 N–H and O–H groups in total. The lowest BCUT2D eigenvalue weighted by Crippen LogP contribution is -2.30. The van der Waals surface area contributed by atoms with Crippen LogP contribution in [-0.2, 0) is 4.65 Å². The van der Waals surface area contributed by atoms with E-state index in [4.69, 9.17) is 20.9 Å². The average Bonchev–Trinajstić information content (AvgIpc) is 2.57. The molecule has 1 aliphatic heterocycles. The Labute approximate surface area is 95.5 Å². The Bertz CT molecular complexity index is 362. The number of nitrogens with two attached hydrogens (primary N) is 2. The van der Waals surface area contributed by atoms with Crippen molar-refractivity contribution < 1.29 is 14.4 Å². The molecule has 0 bridgehead atoms. The molecule has 16 heavy (non-hydrogen) atoms. The first-order chi connectivity index (χ1) is 7.27. The maximum Gasteiger partial charge on any atom is 0.495 e. The summed E-state index contributed by atoms with van der Waals surface area (Å²) in [5, 5.41) is 9.69. The average molecular weight is 224 g/mol. The van der Waals surface area contributed by atoms with Crippen molar-refractivity contribution in [3.8, 4) is 5.75 Å². The minimum atomic E-state index is -0.976. The van der Waals surface area contributed by atoms with Crippen LogP contribution in [-0.4, -0.2) is 25.4 Å². The second-order valence-electron chi connectivity index (χ2n) is 3.28. The zero-order chi connectivity index (χ0) is 10.8. The normalized spacial score (nSPS) is 17.9. The molecular formula is C10H17BN2O3. The van der Waals surface area contributed by atoms with Gasteiger partial charge in [-0.05, 0) is 11.6 Å². The van der Waals surface area contributed by atoms with Crippen LogP contribution in [0.4, 0.5) is 0 Å². The number of hydrogen-bond donors (Lipinski definition) is 3. The zero-order valence-corrected chi connectivity index (χ0v) is 8.22. The summed E-state index contributed by atoms with van der Waals surface area (Å²) in [5.41, 5.74) is 12.3. The second-order valence-corrected chi connectivity index (χ2v) is 3.28. The van der Waals surface area contributed by atoms with Gasteiger partial charge in [-0.25, -0.2) is 0 Å². The monoisotopic (exact) mass is 224 g/mol. The number of rotatable bonds is 3. The van der Waals surface area contributed by atoms with Crippen LogP contribution >= 0.6 is 0 Å². The molecule has 1 atom stereocenters. The lowest BCUT2D eigenvalue weighted by atomic mass is 9.78. The van der Waals surface area contributed by atoms with Gasteiger partial charge in [-0.1, -0.05) is 19.6 Å². The summed E-state index contributed by atoms with van der Waals surface area (Å²) in [7, 11) is -0.976. The van der Waals surface area contributed by atoms with E-state index in [1.54, 1.807) is 6.07 Å². The largest absolute Gasteiger partial charge is 0.495 e. The van der Waals surface area contributed by atoms with Crippen LogP contribution in [0.5, 0.6) is 5.75 Å². The molecule has 0 amide bonds. The quantitative estimate of drug-likeness (QED) is 0.468. The molecular weight excluding hydrogens is 207 g/mol. The van der Waals surface area contributed by atoms with Crippen LogP contribution in [0.25, 0.3) is 0 Å². The Morgan fingerprint density at radius 1 is 1.44 bits per heavy atom. The number of ether oxygens (including phenoxy) is 1. The third-order valence-corrected chi connectivity index (χ3v) is 2.44. The van der Waals surface area contributed by atoms with Crippen molar-refractivity contribution >= 4 is 12.6 Å². The summed E-state index contributed by atoms with van der Waals surface area (Å²) in [6.45, 7) is 0.395.